The van der Waals surface area contributed by atoms with Crippen molar-refractivity contribution in [2.75, 3.05) is 18.2 Å². The predicted octanol–water partition coefficient (Wildman–Crippen LogP) is 2.35. The second kappa shape index (κ2) is 6.92. The van der Waals surface area contributed by atoms with Gasteiger partial charge in [-0.15, -0.1) is 0 Å². The molecule has 132 valence electrons. The predicted molar refractivity (Wildman–Crippen MR) is 96.9 cm³/mol. The highest BCUT2D eigenvalue weighted by atomic mass is 16.7. The Morgan fingerprint density at radius 2 is 1.92 bits per heavy atom. The molecule has 0 aromatic heterocycles. The number of nitrogens with one attached hydrogen (secondary N) is 1. The molecule has 2 aromatic rings. The van der Waals surface area contributed by atoms with Crippen LogP contribution in [0.15, 0.2) is 54.6 Å². The molecular formula is C20H18N2O4. The lowest BCUT2D eigenvalue weighted by molar-refractivity contribution is -0.117. The SMILES string of the molecule is O=C(/C=C\c1ccc2c(c1)OCO2)NC1CC(=O)N(c2ccccc2)C1. The highest BCUT2D eigenvalue weighted by Crippen LogP contribution is 2.32. The molecule has 6 nitrogen and oxygen atoms in total. The van der Waals surface area contributed by atoms with E-state index in [0.29, 0.717) is 24.5 Å². The van der Waals surface area contributed by atoms with E-state index in [0.717, 1.165) is 11.3 Å². The van der Waals surface area contributed by atoms with Crippen LogP contribution in [0.4, 0.5) is 5.69 Å². The third-order valence-corrected chi connectivity index (χ3v) is 4.36. The molecule has 0 radical (unpaired) electrons. The zero-order chi connectivity index (χ0) is 17.9. The van der Waals surface area contributed by atoms with Crippen molar-refractivity contribution in [2.45, 2.75) is 12.5 Å². The average molecular weight is 350 g/mol. The Morgan fingerprint density at radius 1 is 1.12 bits per heavy atom. The first-order chi connectivity index (χ1) is 12.7. The van der Waals surface area contributed by atoms with Crippen molar-refractivity contribution in [2.24, 2.45) is 0 Å². The molecule has 0 aliphatic carbocycles. The van der Waals surface area contributed by atoms with Gasteiger partial charge in [0.05, 0.1) is 6.04 Å². The van der Waals surface area contributed by atoms with Gasteiger partial charge in [0.1, 0.15) is 0 Å². The van der Waals surface area contributed by atoms with Crippen LogP contribution in [-0.2, 0) is 9.59 Å². The molecule has 1 N–H and O–H groups in total. The fourth-order valence-electron chi connectivity index (χ4n) is 3.10. The Kier molecular flexibility index (Phi) is 4.31. The van der Waals surface area contributed by atoms with Gasteiger partial charge in [-0.25, -0.2) is 0 Å². The van der Waals surface area contributed by atoms with E-state index < -0.39 is 0 Å². The van der Waals surface area contributed by atoms with Crippen molar-refractivity contribution in [1.82, 2.24) is 5.32 Å². The summed E-state index contributed by atoms with van der Waals surface area (Å²) < 4.78 is 10.6. The summed E-state index contributed by atoms with van der Waals surface area (Å²) in [4.78, 5) is 26.1. The van der Waals surface area contributed by atoms with Gasteiger partial charge in [0.15, 0.2) is 11.5 Å². The van der Waals surface area contributed by atoms with Crippen LogP contribution < -0.4 is 19.7 Å². The Balaban J connectivity index is 1.36. The number of ether oxygens (including phenoxy) is 2. The Bertz CT molecular complexity index is 863. The lowest BCUT2D eigenvalue weighted by Crippen LogP contribution is -2.36. The maximum atomic E-state index is 12.2. The molecule has 1 saturated heterocycles. The number of hydrogen-bond acceptors (Lipinski definition) is 4. The number of carbonyl (C=O) groups excluding carboxylic acids is 2. The molecule has 2 amide bonds. The summed E-state index contributed by atoms with van der Waals surface area (Å²) in [7, 11) is 0. The number of amides is 2. The Hall–Kier alpha value is -3.28. The highest BCUT2D eigenvalue weighted by molar-refractivity contribution is 5.98. The van der Waals surface area contributed by atoms with Gasteiger partial charge < -0.3 is 19.7 Å². The van der Waals surface area contributed by atoms with Crippen LogP contribution in [0.5, 0.6) is 11.5 Å². The fraction of sp³-hybridized carbons (Fsp3) is 0.200. The van der Waals surface area contributed by atoms with Crippen LogP contribution in [0.3, 0.4) is 0 Å². The molecule has 4 rings (SSSR count). The molecule has 2 aromatic carbocycles. The molecule has 2 heterocycles. The highest BCUT2D eigenvalue weighted by Gasteiger charge is 2.31. The monoisotopic (exact) mass is 350 g/mol. The van der Waals surface area contributed by atoms with Crippen LogP contribution >= 0.6 is 0 Å². The number of rotatable bonds is 4. The summed E-state index contributed by atoms with van der Waals surface area (Å²) in [6.45, 7) is 0.697. The van der Waals surface area contributed by atoms with Crippen LogP contribution in [0, 0.1) is 0 Å². The summed E-state index contributed by atoms with van der Waals surface area (Å²) in [5.41, 5.74) is 1.70. The number of carbonyl (C=O) groups is 2. The minimum atomic E-state index is -0.227. The zero-order valence-electron chi connectivity index (χ0n) is 14.1. The van der Waals surface area contributed by atoms with Crippen molar-refractivity contribution in [3.63, 3.8) is 0 Å². The van der Waals surface area contributed by atoms with Crippen molar-refractivity contribution < 1.29 is 19.1 Å². The number of fused-ring (bicyclic) bond motifs is 1. The van der Waals surface area contributed by atoms with Crippen LogP contribution in [0.2, 0.25) is 0 Å². The first-order valence-corrected chi connectivity index (χ1v) is 8.43. The zero-order valence-corrected chi connectivity index (χ0v) is 14.1. The van der Waals surface area contributed by atoms with Crippen molar-refractivity contribution in [3.05, 3.63) is 60.2 Å². The molecule has 0 bridgehead atoms. The summed E-state index contributed by atoms with van der Waals surface area (Å²) in [6.07, 6.45) is 3.48. The van der Waals surface area contributed by atoms with Gasteiger partial charge in [-0.05, 0) is 35.9 Å². The van der Waals surface area contributed by atoms with Crippen LogP contribution in [0.25, 0.3) is 6.08 Å². The molecule has 2 aliphatic heterocycles. The maximum Gasteiger partial charge on any atom is 0.244 e. The van der Waals surface area contributed by atoms with Gasteiger partial charge in [-0.2, -0.15) is 0 Å². The number of nitrogens with zero attached hydrogens (tertiary/aromatic N) is 1. The normalized spacial score (nSPS) is 18.5. The summed E-state index contributed by atoms with van der Waals surface area (Å²) in [6, 6.07) is 14.8. The lowest BCUT2D eigenvalue weighted by atomic mass is 10.2. The first kappa shape index (κ1) is 16.2. The Morgan fingerprint density at radius 3 is 2.77 bits per heavy atom. The topological polar surface area (TPSA) is 67.9 Å². The van der Waals surface area contributed by atoms with Gasteiger partial charge in [-0.1, -0.05) is 24.3 Å². The molecule has 1 atom stereocenters. The molecular weight excluding hydrogens is 332 g/mol. The molecule has 2 aliphatic rings. The summed E-state index contributed by atoms with van der Waals surface area (Å²) in [5.74, 6) is 1.17. The molecule has 0 saturated carbocycles. The van der Waals surface area contributed by atoms with E-state index in [1.54, 1.807) is 11.0 Å². The number of anilines is 1. The van der Waals surface area contributed by atoms with Gasteiger partial charge in [0.2, 0.25) is 18.6 Å². The van der Waals surface area contributed by atoms with E-state index in [4.69, 9.17) is 9.47 Å². The minimum Gasteiger partial charge on any atom is -0.454 e. The van der Waals surface area contributed by atoms with E-state index in [1.165, 1.54) is 6.08 Å². The number of para-hydroxylation sites is 1. The van der Waals surface area contributed by atoms with Crippen molar-refractivity contribution in [3.8, 4) is 11.5 Å². The van der Waals surface area contributed by atoms with Gasteiger partial charge in [0.25, 0.3) is 0 Å². The number of hydrogen-bond donors (Lipinski definition) is 1. The fourth-order valence-corrected chi connectivity index (χ4v) is 3.10. The molecule has 0 spiro atoms. The maximum absolute atomic E-state index is 12.2. The van der Waals surface area contributed by atoms with Gasteiger partial charge >= 0.3 is 0 Å². The second-order valence-corrected chi connectivity index (χ2v) is 6.20. The van der Waals surface area contributed by atoms with Crippen LogP contribution in [0.1, 0.15) is 12.0 Å². The minimum absolute atomic E-state index is 0.0150. The molecule has 1 unspecified atom stereocenters. The number of benzene rings is 2. The van der Waals surface area contributed by atoms with Crippen LogP contribution in [-0.4, -0.2) is 31.2 Å². The van der Waals surface area contributed by atoms with E-state index in [2.05, 4.69) is 5.32 Å². The van der Waals surface area contributed by atoms with Gasteiger partial charge in [-0.3, -0.25) is 9.59 Å². The third kappa shape index (κ3) is 3.39. The van der Waals surface area contributed by atoms with E-state index in [1.807, 2.05) is 48.5 Å². The quantitative estimate of drug-likeness (QED) is 0.860. The lowest BCUT2D eigenvalue weighted by Gasteiger charge is -2.16. The van der Waals surface area contributed by atoms with E-state index in [9.17, 15) is 9.59 Å². The van der Waals surface area contributed by atoms with E-state index in [-0.39, 0.29) is 24.6 Å². The molecule has 26 heavy (non-hydrogen) atoms. The summed E-state index contributed by atoms with van der Waals surface area (Å²) >= 11 is 0. The second-order valence-electron chi connectivity index (χ2n) is 6.20. The first-order valence-electron chi connectivity index (χ1n) is 8.43. The molecule has 6 heteroatoms. The average Bonchev–Trinajstić information content (AvgIpc) is 3.26. The standard InChI is InChI=1S/C20H18N2O4/c23-19(9-7-14-6-8-17-18(10-14)26-13-25-17)21-15-11-20(24)22(12-15)16-4-2-1-3-5-16/h1-10,15H,11-13H2,(H,21,23)/b9-7-. The van der Waals surface area contributed by atoms with Crippen molar-refractivity contribution in [1.29, 1.82) is 0 Å². The Labute approximate surface area is 151 Å². The molecule has 1 fully saturated rings. The summed E-state index contributed by atoms with van der Waals surface area (Å²) in [5, 5.41) is 2.89. The van der Waals surface area contributed by atoms with Crippen molar-refractivity contribution >= 4 is 23.6 Å². The van der Waals surface area contributed by atoms with E-state index >= 15 is 0 Å². The third-order valence-electron chi connectivity index (χ3n) is 4.36. The smallest absolute Gasteiger partial charge is 0.244 e. The van der Waals surface area contributed by atoms with Gasteiger partial charge in [0, 0.05) is 24.7 Å². The largest absolute Gasteiger partial charge is 0.454 e.